The number of rotatable bonds is 4. The molecule has 2 nitrogen and oxygen atoms in total. The summed E-state index contributed by atoms with van der Waals surface area (Å²) in [5, 5.41) is 0.696. The second kappa shape index (κ2) is 4.98. The zero-order chi connectivity index (χ0) is 11.4. The lowest BCUT2D eigenvalue weighted by Gasteiger charge is -2.27. The molecule has 0 bridgehead atoms. The molecule has 0 amide bonds. The van der Waals surface area contributed by atoms with E-state index in [0.29, 0.717) is 17.3 Å². The third-order valence-electron chi connectivity index (χ3n) is 2.50. The number of benzene rings is 1. The van der Waals surface area contributed by atoms with Crippen molar-refractivity contribution in [3.8, 4) is 0 Å². The van der Waals surface area contributed by atoms with Gasteiger partial charge in [0.1, 0.15) is 12.5 Å². The average Bonchev–Trinajstić information content (AvgIpc) is 2.77. The molecular formula is C12H12Cl2O2. The van der Waals surface area contributed by atoms with Crippen LogP contribution in [0, 0.1) is 0 Å². The standard InChI is InChI=1S/C12H12Cl2O2/c13-7-1-6-12(15-8-9-16-12)10-2-4-11(14)5-3-10/h2-5,8-9H,1,6-7H2. The molecule has 1 aliphatic rings. The smallest absolute Gasteiger partial charge is 0.276 e. The summed E-state index contributed by atoms with van der Waals surface area (Å²) in [5.41, 5.74) is 0.951. The van der Waals surface area contributed by atoms with E-state index in [2.05, 4.69) is 0 Å². The minimum absolute atomic E-state index is 0.585. The molecule has 0 aromatic heterocycles. The van der Waals surface area contributed by atoms with Gasteiger partial charge in [-0.1, -0.05) is 11.6 Å². The van der Waals surface area contributed by atoms with Crippen LogP contribution < -0.4 is 0 Å². The number of hydrogen-bond acceptors (Lipinski definition) is 2. The molecule has 16 heavy (non-hydrogen) atoms. The van der Waals surface area contributed by atoms with Gasteiger partial charge in [0.15, 0.2) is 0 Å². The van der Waals surface area contributed by atoms with Gasteiger partial charge in [0, 0.05) is 22.9 Å². The first-order chi connectivity index (χ1) is 7.77. The molecule has 1 heterocycles. The first kappa shape index (κ1) is 11.6. The molecule has 0 atom stereocenters. The summed E-state index contributed by atoms with van der Waals surface area (Å²) >= 11 is 11.6. The maximum absolute atomic E-state index is 5.85. The molecule has 0 N–H and O–H groups in total. The Balaban J connectivity index is 2.21. The van der Waals surface area contributed by atoms with Crippen molar-refractivity contribution in [2.45, 2.75) is 18.6 Å². The van der Waals surface area contributed by atoms with Gasteiger partial charge in [-0.05, 0) is 30.7 Å². The lowest BCUT2D eigenvalue weighted by atomic mass is 10.0. The monoisotopic (exact) mass is 258 g/mol. The molecular weight excluding hydrogens is 247 g/mol. The Hall–Kier alpha value is -0.860. The van der Waals surface area contributed by atoms with Crippen LogP contribution in [0.3, 0.4) is 0 Å². The Labute approximate surface area is 105 Å². The second-order valence-electron chi connectivity index (χ2n) is 3.56. The van der Waals surface area contributed by atoms with E-state index in [9.17, 15) is 0 Å². The van der Waals surface area contributed by atoms with Crippen molar-refractivity contribution in [1.82, 2.24) is 0 Å². The fraction of sp³-hybridized carbons (Fsp3) is 0.333. The fourth-order valence-electron chi connectivity index (χ4n) is 1.70. The summed E-state index contributed by atoms with van der Waals surface area (Å²) < 4.78 is 11.1. The summed E-state index contributed by atoms with van der Waals surface area (Å²) in [6.07, 6.45) is 4.66. The van der Waals surface area contributed by atoms with Crippen molar-refractivity contribution in [2.75, 3.05) is 5.88 Å². The van der Waals surface area contributed by atoms with E-state index in [-0.39, 0.29) is 0 Å². The van der Waals surface area contributed by atoms with Gasteiger partial charge in [0.05, 0.1) is 0 Å². The minimum atomic E-state index is -0.723. The van der Waals surface area contributed by atoms with Gasteiger partial charge in [-0.3, -0.25) is 0 Å². The van der Waals surface area contributed by atoms with Gasteiger partial charge < -0.3 is 9.47 Å². The molecule has 0 aliphatic carbocycles. The van der Waals surface area contributed by atoms with E-state index < -0.39 is 5.79 Å². The van der Waals surface area contributed by atoms with Crippen LogP contribution >= 0.6 is 23.2 Å². The molecule has 0 unspecified atom stereocenters. The predicted octanol–water partition coefficient (Wildman–Crippen LogP) is 4.03. The molecule has 2 rings (SSSR count). The Kier molecular flexibility index (Phi) is 3.62. The molecule has 1 aromatic rings. The van der Waals surface area contributed by atoms with Crippen LogP contribution in [-0.4, -0.2) is 5.88 Å². The predicted molar refractivity (Wildman–Crippen MR) is 64.4 cm³/mol. The van der Waals surface area contributed by atoms with E-state index in [1.165, 1.54) is 0 Å². The number of halogens is 2. The Morgan fingerprint density at radius 2 is 1.69 bits per heavy atom. The highest BCUT2D eigenvalue weighted by atomic mass is 35.5. The van der Waals surface area contributed by atoms with Crippen LogP contribution in [0.25, 0.3) is 0 Å². The highest BCUT2D eigenvalue weighted by Crippen LogP contribution is 2.36. The number of hydrogen-bond donors (Lipinski definition) is 0. The third kappa shape index (κ3) is 2.28. The maximum Gasteiger partial charge on any atom is 0.276 e. The van der Waals surface area contributed by atoms with Gasteiger partial charge in [-0.2, -0.15) is 0 Å². The van der Waals surface area contributed by atoms with Gasteiger partial charge in [0.2, 0.25) is 0 Å². The lowest BCUT2D eigenvalue weighted by molar-refractivity contribution is -0.155. The topological polar surface area (TPSA) is 18.5 Å². The molecule has 1 aliphatic heterocycles. The van der Waals surface area contributed by atoms with Crippen LogP contribution in [0.2, 0.25) is 5.02 Å². The zero-order valence-corrected chi connectivity index (χ0v) is 10.2. The summed E-state index contributed by atoms with van der Waals surface area (Å²) in [4.78, 5) is 0. The molecule has 86 valence electrons. The van der Waals surface area contributed by atoms with Crippen LogP contribution in [0.5, 0.6) is 0 Å². The summed E-state index contributed by atoms with van der Waals surface area (Å²) in [7, 11) is 0. The van der Waals surface area contributed by atoms with Crippen LogP contribution in [0.15, 0.2) is 36.8 Å². The maximum atomic E-state index is 5.85. The van der Waals surface area contributed by atoms with Crippen molar-refractivity contribution >= 4 is 23.2 Å². The summed E-state index contributed by atoms with van der Waals surface area (Å²) in [6.45, 7) is 0. The molecule has 0 spiro atoms. The summed E-state index contributed by atoms with van der Waals surface area (Å²) in [5.74, 6) is -0.137. The number of alkyl halides is 1. The average molecular weight is 259 g/mol. The Bertz CT molecular complexity index is 365. The van der Waals surface area contributed by atoms with Gasteiger partial charge in [0.25, 0.3) is 5.79 Å². The molecule has 4 heteroatoms. The lowest BCUT2D eigenvalue weighted by Crippen LogP contribution is -2.27. The van der Waals surface area contributed by atoms with Crippen molar-refractivity contribution in [3.05, 3.63) is 47.4 Å². The van der Waals surface area contributed by atoms with Gasteiger partial charge in [-0.25, -0.2) is 0 Å². The zero-order valence-electron chi connectivity index (χ0n) is 8.66. The van der Waals surface area contributed by atoms with Crippen molar-refractivity contribution in [3.63, 3.8) is 0 Å². The fourth-order valence-corrected chi connectivity index (χ4v) is 1.96. The second-order valence-corrected chi connectivity index (χ2v) is 4.37. The largest absolute Gasteiger partial charge is 0.453 e. The SMILES string of the molecule is ClCCCC1(c2ccc(Cl)cc2)OC=CO1. The van der Waals surface area contributed by atoms with Crippen LogP contribution in [0.1, 0.15) is 18.4 Å². The number of ether oxygens (including phenoxy) is 2. The van der Waals surface area contributed by atoms with E-state index in [4.69, 9.17) is 32.7 Å². The minimum Gasteiger partial charge on any atom is -0.453 e. The van der Waals surface area contributed by atoms with Crippen molar-refractivity contribution in [1.29, 1.82) is 0 Å². The van der Waals surface area contributed by atoms with E-state index >= 15 is 0 Å². The van der Waals surface area contributed by atoms with E-state index in [1.807, 2.05) is 24.3 Å². The van der Waals surface area contributed by atoms with E-state index in [0.717, 1.165) is 12.0 Å². The Morgan fingerprint density at radius 1 is 1.06 bits per heavy atom. The molecule has 0 saturated carbocycles. The first-order valence-electron chi connectivity index (χ1n) is 5.09. The normalized spacial score (nSPS) is 16.9. The highest BCUT2D eigenvalue weighted by molar-refractivity contribution is 6.30. The third-order valence-corrected chi connectivity index (χ3v) is 3.02. The Morgan fingerprint density at radius 3 is 2.25 bits per heavy atom. The molecule has 0 radical (unpaired) electrons. The highest BCUT2D eigenvalue weighted by Gasteiger charge is 2.37. The van der Waals surface area contributed by atoms with Crippen molar-refractivity contribution in [2.24, 2.45) is 0 Å². The molecule has 1 aromatic carbocycles. The molecule has 0 saturated heterocycles. The quantitative estimate of drug-likeness (QED) is 0.760. The van der Waals surface area contributed by atoms with Crippen molar-refractivity contribution < 1.29 is 9.47 Å². The van der Waals surface area contributed by atoms with Crippen LogP contribution in [-0.2, 0) is 15.3 Å². The van der Waals surface area contributed by atoms with E-state index in [1.54, 1.807) is 12.5 Å². The van der Waals surface area contributed by atoms with Gasteiger partial charge >= 0.3 is 0 Å². The molecule has 0 fully saturated rings. The van der Waals surface area contributed by atoms with Crippen LogP contribution in [0.4, 0.5) is 0 Å². The first-order valence-corrected chi connectivity index (χ1v) is 6.01. The summed E-state index contributed by atoms with van der Waals surface area (Å²) in [6, 6.07) is 7.46. The van der Waals surface area contributed by atoms with Gasteiger partial charge in [-0.15, -0.1) is 11.6 Å².